The molecule has 112 valence electrons. The number of rotatable bonds is 4. The summed E-state index contributed by atoms with van der Waals surface area (Å²) in [5.41, 5.74) is 2.05. The number of hydrogen-bond acceptors (Lipinski definition) is 2. The molecule has 0 spiro atoms. The van der Waals surface area contributed by atoms with Gasteiger partial charge in [0.2, 0.25) is 0 Å². The zero-order valence-corrected chi connectivity index (χ0v) is 14.1. The largest absolute Gasteiger partial charge is 1.00 e. The molecule has 0 unspecified atom stereocenters. The van der Waals surface area contributed by atoms with Crippen LogP contribution in [-0.4, -0.2) is 27.1 Å². The lowest BCUT2D eigenvalue weighted by atomic mass is 10.1. The van der Waals surface area contributed by atoms with Gasteiger partial charge in [-0.25, -0.2) is 0 Å². The topological polar surface area (TPSA) is 26.3 Å². The van der Waals surface area contributed by atoms with Crippen LogP contribution in [0.1, 0.15) is 5.56 Å². The van der Waals surface area contributed by atoms with E-state index < -0.39 is 0 Å². The van der Waals surface area contributed by atoms with Gasteiger partial charge in [-0.3, -0.25) is 9.28 Å². The van der Waals surface area contributed by atoms with Crippen molar-refractivity contribution in [2.24, 2.45) is 0 Å². The van der Waals surface area contributed by atoms with Gasteiger partial charge in [-0.05, 0) is 17.7 Å². The number of quaternary nitrogens is 1. The van der Waals surface area contributed by atoms with Crippen LogP contribution in [0, 0.1) is 0 Å². The second kappa shape index (κ2) is 7.38. The van der Waals surface area contributed by atoms with E-state index in [-0.39, 0.29) is 29.4 Å². The van der Waals surface area contributed by atoms with Gasteiger partial charge in [0.05, 0.1) is 27.6 Å². The summed E-state index contributed by atoms with van der Waals surface area (Å²) < 4.78 is 6.09. The van der Waals surface area contributed by atoms with Gasteiger partial charge in [-0.15, -0.1) is 0 Å². The average molecular weight is 350 g/mol. The summed E-state index contributed by atoms with van der Waals surface area (Å²) in [5.74, 6) is 0.353. The lowest BCUT2D eigenvalue weighted by Gasteiger charge is -2.23. The average Bonchev–Trinajstić information content (AvgIpc) is 2.39. The molecule has 0 aliphatic rings. The smallest absolute Gasteiger partial charge is 0.315 e. The first-order valence-electron chi connectivity index (χ1n) is 6.62. The van der Waals surface area contributed by atoms with Gasteiger partial charge in [0.1, 0.15) is 11.4 Å². The van der Waals surface area contributed by atoms with Gasteiger partial charge >= 0.3 is 5.97 Å². The summed E-state index contributed by atoms with van der Waals surface area (Å²) in [5, 5.41) is 0. The molecule has 0 radical (unpaired) electrons. The molecule has 0 saturated heterocycles. The van der Waals surface area contributed by atoms with Crippen molar-refractivity contribution in [1.29, 1.82) is 0 Å². The van der Waals surface area contributed by atoms with Crippen LogP contribution >= 0.6 is 0 Å². The quantitative estimate of drug-likeness (QED) is 0.442. The van der Waals surface area contributed by atoms with E-state index in [4.69, 9.17) is 4.74 Å². The van der Waals surface area contributed by atoms with Crippen LogP contribution in [0.15, 0.2) is 54.6 Å². The van der Waals surface area contributed by atoms with Crippen LogP contribution in [0.25, 0.3) is 0 Å². The number of benzene rings is 2. The number of esters is 1. The van der Waals surface area contributed by atoms with Gasteiger partial charge in [0, 0.05) is 6.07 Å². The number of carbonyl (C=O) groups is 1. The molecule has 0 aliphatic carbocycles. The molecule has 0 heterocycles. The van der Waals surface area contributed by atoms with Crippen LogP contribution in [0.5, 0.6) is 5.75 Å². The second-order valence-electron chi connectivity index (χ2n) is 5.65. The first-order chi connectivity index (χ1) is 9.45. The first-order valence-corrected chi connectivity index (χ1v) is 6.62. The Morgan fingerprint density at radius 2 is 1.67 bits per heavy atom. The molecule has 2 rings (SSSR count). The number of ether oxygens (including phenoxy) is 1. The van der Waals surface area contributed by atoms with E-state index in [9.17, 15) is 4.79 Å². The Balaban J connectivity index is 0.00000220. The minimum atomic E-state index is -0.241. The van der Waals surface area contributed by atoms with E-state index in [2.05, 4.69) is 21.1 Å². The van der Waals surface area contributed by atoms with E-state index in [0.717, 1.165) is 11.3 Å². The van der Waals surface area contributed by atoms with Crippen molar-refractivity contribution >= 4 is 11.7 Å². The summed E-state index contributed by atoms with van der Waals surface area (Å²) in [6.07, 6.45) is 0.287. The predicted molar refractivity (Wildman–Crippen MR) is 81.8 cm³/mol. The molecule has 3 nitrogen and oxygen atoms in total. The Labute approximate surface area is 136 Å². The highest BCUT2D eigenvalue weighted by Crippen LogP contribution is 2.23. The molecule has 0 bridgehead atoms. The zero-order chi connectivity index (χ0) is 14.6. The maximum atomic E-state index is 11.9. The third-order valence-electron chi connectivity index (χ3n) is 3.02. The van der Waals surface area contributed by atoms with Gasteiger partial charge in [0.15, 0.2) is 0 Å². The fourth-order valence-corrected chi connectivity index (χ4v) is 1.89. The van der Waals surface area contributed by atoms with E-state index in [1.807, 2.05) is 54.6 Å². The fourth-order valence-electron chi connectivity index (χ4n) is 1.89. The minimum Gasteiger partial charge on any atom is -1.00 e. The Hall–Kier alpha value is -1.65. The lowest BCUT2D eigenvalue weighted by Crippen LogP contribution is -3.00. The van der Waals surface area contributed by atoms with Crippen molar-refractivity contribution < 1.29 is 26.5 Å². The summed E-state index contributed by atoms with van der Waals surface area (Å²) in [7, 11) is 6.22. The summed E-state index contributed by atoms with van der Waals surface area (Å²) >= 11 is 0. The Morgan fingerprint density at radius 1 is 1.00 bits per heavy atom. The van der Waals surface area contributed by atoms with E-state index in [1.165, 1.54) is 0 Å². The van der Waals surface area contributed by atoms with Crippen molar-refractivity contribution in [3.63, 3.8) is 0 Å². The molecule has 0 N–H and O–H groups in total. The highest BCUT2D eigenvalue weighted by molar-refractivity contribution is 5.75. The standard InChI is InChI=1S/C17H20NO2.BrH/c1-18(2,3)15-10-7-11-16(13-15)20-17(19)12-14-8-5-4-6-9-14;/h4-11,13H,12H2,1-3H3;1H/q+1;/p-1. The molecule has 0 saturated carbocycles. The van der Waals surface area contributed by atoms with Crippen LogP contribution < -0.4 is 26.2 Å². The lowest BCUT2D eigenvalue weighted by molar-refractivity contribution is -0.133. The third-order valence-corrected chi connectivity index (χ3v) is 3.02. The summed E-state index contributed by atoms with van der Waals surface area (Å²) in [6.45, 7) is 0. The molecule has 4 heteroatoms. The normalized spacial score (nSPS) is 10.6. The van der Waals surface area contributed by atoms with Crippen LogP contribution in [0.3, 0.4) is 0 Å². The Kier molecular flexibility index (Phi) is 6.12. The molecular weight excluding hydrogens is 330 g/mol. The predicted octanol–water partition coefficient (Wildman–Crippen LogP) is 0.0354. The van der Waals surface area contributed by atoms with Gasteiger partial charge < -0.3 is 21.7 Å². The molecule has 0 aromatic heterocycles. The van der Waals surface area contributed by atoms with Crippen molar-refractivity contribution in [2.75, 3.05) is 21.1 Å². The molecular formula is C17H20BrNO2. The number of halogens is 1. The minimum absolute atomic E-state index is 0. The van der Waals surface area contributed by atoms with Gasteiger partial charge in [-0.2, -0.15) is 0 Å². The van der Waals surface area contributed by atoms with Crippen molar-refractivity contribution in [3.8, 4) is 5.75 Å². The number of carbonyl (C=O) groups excluding carboxylic acids is 1. The number of nitrogens with zero attached hydrogens (tertiary/aromatic N) is 1. The van der Waals surface area contributed by atoms with Crippen molar-refractivity contribution in [2.45, 2.75) is 6.42 Å². The highest BCUT2D eigenvalue weighted by Gasteiger charge is 2.14. The molecule has 2 aromatic rings. The summed E-state index contributed by atoms with van der Waals surface area (Å²) in [6, 6.07) is 17.2. The van der Waals surface area contributed by atoms with E-state index >= 15 is 0 Å². The van der Waals surface area contributed by atoms with Crippen LogP contribution in [0.2, 0.25) is 0 Å². The van der Waals surface area contributed by atoms with E-state index in [0.29, 0.717) is 10.2 Å². The SMILES string of the molecule is C[N+](C)(C)c1cccc(OC(=O)Cc2ccccc2)c1.[Br-]. The molecule has 21 heavy (non-hydrogen) atoms. The maximum absolute atomic E-state index is 11.9. The van der Waals surface area contributed by atoms with Gasteiger partial charge in [-0.1, -0.05) is 36.4 Å². The third kappa shape index (κ3) is 5.33. The summed E-state index contributed by atoms with van der Waals surface area (Å²) in [4.78, 5) is 11.9. The Bertz CT molecular complexity index is 591. The zero-order valence-electron chi connectivity index (χ0n) is 12.5. The van der Waals surface area contributed by atoms with Crippen LogP contribution in [0.4, 0.5) is 5.69 Å². The molecule has 0 fully saturated rings. The van der Waals surface area contributed by atoms with Gasteiger partial charge in [0.25, 0.3) is 0 Å². The van der Waals surface area contributed by atoms with Crippen LogP contribution in [-0.2, 0) is 11.2 Å². The maximum Gasteiger partial charge on any atom is 0.315 e. The highest BCUT2D eigenvalue weighted by atomic mass is 79.9. The second-order valence-corrected chi connectivity index (χ2v) is 5.65. The molecule has 0 amide bonds. The molecule has 0 atom stereocenters. The first kappa shape index (κ1) is 17.4. The fraction of sp³-hybridized carbons (Fsp3) is 0.235. The van der Waals surface area contributed by atoms with Crippen molar-refractivity contribution in [3.05, 3.63) is 60.2 Å². The van der Waals surface area contributed by atoms with Crippen molar-refractivity contribution in [1.82, 2.24) is 4.48 Å². The molecule has 0 aliphatic heterocycles. The molecule has 2 aromatic carbocycles. The Morgan fingerprint density at radius 3 is 2.29 bits per heavy atom. The monoisotopic (exact) mass is 349 g/mol. The van der Waals surface area contributed by atoms with E-state index in [1.54, 1.807) is 0 Å². The number of hydrogen-bond donors (Lipinski definition) is 0.